The molecule has 2 aliphatic rings. The number of aliphatic hydroxyl groups is 1. The summed E-state index contributed by atoms with van der Waals surface area (Å²) >= 11 is 0. The van der Waals surface area contributed by atoms with Crippen LogP contribution < -0.4 is 5.32 Å². The van der Waals surface area contributed by atoms with E-state index in [0.29, 0.717) is 44.6 Å². The fourth-order valence-corrected chi connectivity index (χ4v) is 3.46. The number of urea groups is 1. The maximum atomic E-state index is 12.4. The van der Waals surface area contributed by atoms with Gasteiger partial charge in [-0.1, -0.05) is 13.8 Å². The SMILES string of the molecule is CCOC(=O)C1CCC(O)(CN2C(=O)NC(CC(C)C)C2=O)CC1. The Bertz CT molecular complexity index is 497. The van der Waals surface area contributed by atoms with Crippen LogP contribution in [0.3, 0.4) is 0 Å². The normalized spacial score (nSPS) is 30.6. The number of nitrogens with one attached hydrogen (secondary N) is 1. The summed E-state index contributed by atoms with van der Waals surface area (Å²) in [6.45, 7) is 6.09. The number of carbonyl (C=O) groups excluding carboxylic acids is 3. The molecule has 136 valence electrons. The molecule has 0 spiro atoms. The van der Waals surface area contributed by atoms with Crippen LogP contribution in [0.2, 0.25) is 0 Å². The molecule has 7 heteroatoms. The molecule has 1 saturated carbocycles. The lowest BCUT2D eigenvalue weighted by Gasteiger charge is -2.36. The summed E-state index contributed by atoms with van der Waals surface area (Å²) in [5, 5.41) is 13.4. The zero-order valence-corrected chi connectivity index (χ0v) is 14.7. The number of amides is 3. The van der Waals surface area contributed by atoms with Crippen LogP contribution in [-0.2, 0) is 14.3 Å². The average Bonchev–Trinajstić information content (AvgIpc) is 2.75. The van der Waals surface area contributed by atoms with Crippen molar-refractivity contribution in [3.63, 3.8) is 0 Å². The van der Waals surface area contributed by atoms with E-state index in [1.54, 1.807) is 6.92 Å². The topological polar surface area (TPSA) is 95.9 Å². The van der Waals surface area contributed by atoms with Gasteiger partial charge in [-0.3, -0.25) is 14.5 Å². The van der Waals surface area contributed by atoms with Gasteiger partial charge in [0.25, 0.3) is 5.91 Å². The highest BCUT2D eigenvalue weighted by molar-refractivity contribution is 6.04. The average molecular weight is 340 g/mol. The zero-order chi connectivity index (χ0) is 17.9. The molecule has 1 aliphatic carbocycles. The molecule has 3 amide bonds. The molecule has 0 aromatic carbocycles. The van der Waals surface area contributed by atoms with Crippen molar-refractivity contribution >= 4 is 17.9 Å². The van der Waals surface area contributed by atoms with Crippen molar-refractivity contribution in [1.29, 1.82) is 0 Å². The van der Waals surface area contributed by atoms with Gasteiger partial charge in [-0.05, 0) is 44.9 Å². The molecule has 0 aromatic heterocycles. The fraction of sp³-hybridized carbons (Fsp3) is 0.824. The monoisotopic (exact) mass is 340 g/mol. The van der Waals surface area contributed by atoms with Crippen molar-refractivity contribution in [2.45, 2.75) is 64.5 Å². The predicted octanol–water partition coefficient (Wildman–Crippen LogP) is 1.44. The molecule has 0 radical (unpaired) electrons. The Morgan fingerprint density at radius 1 is 1.38 bits per heavy atom. The largest absolute Gasteiger partial charge is 0.466 e. The second-order valence-corrected chi connectivity index (χ2v) is 7.31. The first-order chi connectivity index (χ1) is 11.3. The Morgan fingerprint density at radius 3 is 2.54 bits per heavy atom. The van der Waals surface area contributed by atoms with Crippen LogP contribution in [0.15, 0.2) is 0 Å². The van der Waals surface area contributed by atoms with Crippen molar-refractivity contribution < 1.29 is 24.2 Å². The Hall–Kier alpha value is -1.63. The number of rotatable bonds is 6. The van der Waals surface area contributed by atoms with Gasteiger partial charge in [0.1, 0.15) is 6.04 Å². The summed E-state index contributed by atoms with van der Waals surface area (Å²) < 4.78 is 5.02. The molecule has 24 heavy (non-hydrogen) atoms. The highest BCUT2D eigenvalue weighted by atomic mass is 16.5. The van der Waals surface area contributed by atoms with E-state index in [2.05, 4.69) is 5.32 Å². The summed E-state index contributed by atoms with van der Waals surface area (Å²) in [5.41, 5.74) is -1.12. The van der Waals surface area contributed by atoms with Gasteiger partial charge in [0, 0.05) is 0 Å². The smallest absolute Gasteiger partial charge is 0.324 e. The van der Waals surface area contributed by atoms with Gasteiger partial charge < -0.3 is 15.2 Å². The molecule has 2 rings (SSSR count). The number of carbonyl (C=O) groups is 3. The van der Waals surface area contributed by atoms with Gasteiger partial charge in [-0.2, -0.15) is 0 Å². The van der Waals surface area contributed by atoms with E-state index in [4.69, 9.17) is 4.74 Å². The summed E-state index contributed by atoms with van der Waals surface area (Å²) in [4.78, 5) is 37.3. The fourth-order valence-electron chi connectivity index (χ4n) is 3.46. The molecule has 0 bridgehead atoms. The first-order valence-electron chi connectivity index (χ1n) is 8.76. The first-order valence-corrected chi connectivity index (χ1v) is 8.76. The van der Waals surface area contributed by atoms with E-state index in [9.17, 15) is 19.5 Å². The number of β-amino-alcohol motifs (C(OH)–C–C–N with tert-alkyl or cyclic N) is 1. The van der Waals surface area contributed by atoms with E-state index >= 15 is 0 Å². The van der Waals surface area contributed by atoms with Crippen molar-refractivity contribution in [3.05, 3.63) is 0 Å². The second kappa shape index (κ2) is 7.51. The highest BCUT2D eigenvalue weighted by Crippen LogP contribution is 2.34. The van der Waals surface area contributed by atoms with Crippen LogP contribution in [-0.4, -0.2) is 52.7 Å². The number of imide groups is 1. The van der Waals surface area contributed by atoms with Gasteiger partial charge in [-0.15, -0.1) is 0 Å². The number of nitrogens with zero attached hydrogens (tertiary/aromatic N) is 1. The van der Waals surface area contributed by atoms with E-state index in [1.165, 1.54) is 0 Å². The predicted molar refractivity (Wildman–Crippen MR) is 87.0 cm³/mol. The van der Waals surface area contributed by atoms with E-state index in [1.807, 2.05) is 13.8 Å². The van der Waals surface area contributed by atoms with Gasteiger partial charge in [0.2, 0.25) is 0 Å². The van der Waals surface area contributed by atoms with Crippen molar-refractivity contribution in [3.8, 4) is 0 Å². The Morgan fingerprint density at radius 2 is 2.00 bits per heavy atom. The number of hydrogen-bond donors (Lipinski definition) is 2. The Balaban J connectivity index is 1.92. The number of ether oxygens (including phenoxy) is 1. The number of hydrogen-bond acceptors (Lipinski definition) is 5. The van der Waals surface area contributed by atoms with Crippen molar-refractivity contribution in [2.24, 2.45) is 11.8 Å². The van der Waals surface area contributed by atoms with Crippen LogP contribution in [0.5, 0.6) is 0 Å². The van der Waals surface area contributed by atoms with Gasteiger partial charge in [0.15, 0.2) is 0 Å². The Labute approximate surface area is 142 Å². The molecule has 1 aliphatic heterocycles. The maximum Gasteiger partial charge on any atom is 0.324 e. The molecule has 1 atom stereocenters. The molecule has 1 saturated heterocycles. The third-order valence-corrected chi connectivity index (χ3v) is 4.80. The van der Waals surface area contributed by atoms with Crippen LogP contribution >= 0.6 is 0 Å². The minimum absolute atomic E-state index is 0.0121. The molecule has 1 heterocycles. The van der Waals surface area contributed by atoms with Crippen molar-refractivity contribution in [2.75, 3.05) is 13.2 Å². The quantitative estimate of drug-likeness (QED) is 0.563. The molecule has 7 nitrogen and oxygen atoms in total. The lowest BCUT2D eigenvalue weighted by Crippen LogP contribution is -2.48. The maximum absolute atomic E-state index is 12.4. The minimum Gasteiger partial charge on any atom is -0.466 e. The zero-order valence-electron chi connectivity index (χ0n) is 14.7. The van der Waals surface area contributed by atoms with Gasteiger partial charge in [-0.25, -0.2) is 4.79 Å². The second-order valence-electron chi connectivity index (χ2n) is 7.31. The summed E-state index contributed by atoms with van der Waals surface area (Å²) in [6, 6.07) is -0.941. The van der Waals surface area contributed by atoms with Crippen molar-refractivity contribution in [1.82, 2.24) is 10.2 Å². The minimum atomic E-state index is -1.12. The lowest BCUT2D eigenvalue weighted by atomic mass is 9.78. The highest BCUT2D eigenvalue weighted by Gasteiger charge is 2.44. The third-order valence-electron chi connectivity index (χ3n) is 4.80. The molecule has 0 aromatic rings. The summed E-state index contributed by atoms with van der Waals surface area (Å²) in [5.74, 6) is -0.412. The summed E-state index contributed by atoms with van der Waals surface area (Å²) in [6.07, 6.45) is 2.36. The molecule has 1 unspecified atom stereocenters. The Kier molecular flexibility index (Phi) is 5.85. The lowest BCUT2D eigenvalue weighted by molar-refractivity contribution is -0.151. The molecular weight excluding hydrogens is 312 g/mol. The summed E-state index contributed by atoms with van der Waals surface area (Å²) in [7, 11) is 0. The van der Waals surface area contributed by atoms with Crippen LogP contribution in [0.4, 0.5) is 4.79 Å². The standard InChI is InChI=1S/C17H28N2O5/c1-4-24-15(21)12-5-7-17(23,8-6-12)10-19-14(20)13(9-11(2)3)18-16(19)22/h11-13,23H,4-10H2,1-3H3,(H,18,22). The van der Waals surface area contributed by atoms with Crippen LogP contribution in [0.25, 0.3) is 0 Å². The van der Waals surface area contributed by atoms with Gasteiger partial charge in [0.05, 0.1) is 24.7 Å². The first kappa shape index (κ1) is 18.7. The van der Waals surface area contributed by atoms with E-state index < -0.39 is 17.7 Å². The van der Waals surface area contributed by atoms with Crippen LogP contribution in [0.1, 0.15) is 52.9 Å². The van der Waals surface area contributed by atoms with Crippen LogP contribution in [0, 0.1) is 11.8 Å². The molecule has 2 N–H and O–H groups in total. The molecule has 2 fully saturated rings. The van der Waals surface area contributed by atoms with E-state index in [-0.39, 0.29) is 24.3 Å². The molecular formula is C17H28N2O5. The van der Waals surface area contributed by atoms with Gasteiger partial charge >= 0.3 is 12.0 Å². The number of esters is 1. The van der Waals surface area contributed by atoms with E-state index in [0.717, 1.165) is 4.90 Å². The third kappa shape index (κ3) is 4.26.